The molecule has 0 aromatic heterocycles. The molecule has 1 fully saturated rings. The molecule has 1 atom stereocenters. The van der Waals surface area contributed by atoms with Crippen molar-refractivity contribution in [3.05, 3.63) is 53.9 Å². The number of amides is 2. The summed E-state index contributed by atoms with van der Waals surface area (Å²) in [6.07, 6.45) is 9.20. The van der Waals surface area contributed by atoms with Crippen molar-refractivity contribution >= 4 is 17.6 Å². The van der Waals surface area contributed by atoms with Crippen LogP contribution in [-0.4, -0.2) is 59.2 Å². The fraction of sp³-hybridized carbons (Fsp3) is 0.519. The van der Waals surface area contributed by atoms with Crippen LogP contribution in [0, 0.1) is 17.6 Å². The van der Waals surface area contributed by atoms with Crippen LogP contribution < -0.4 is 15.8 Å². The topological polar surface area (TPSA) is 126 Å². The lowest BCUT2D eigenvalue weighted by molar-refractivity contribution is -0.175. The van der Waals surface area contributed by atoms with Crippen LogP contribution in [0.2, 0.25) is 0 Å². The molecule has 1 aromatic carbocycles. The normalized spacial score (nSPS) is 17.8. The average molecular weight is 535 g/mol. The van der Waals surface area contributed by atoms with Crippen molar-refractivity contribution in [3.63, 3.8) is 0 Å². The molecule has 9 nitrogen and oxygen atoms in total. The van der Waals surface area contributed by atoms with E-state index < -0.39 is 41.0 Å². The molecule has 3 rings (SSSR count). The number of hydrogen-bond acceptors (Lipinski definition) is 6. The van der Waals surface area contributed by atoms with Gasteiger partial charge in [-0.1, -0.05) is 31.7 Å². The molecule has 4 N–H and O–H groups in total. The molecule has 0 spiro atoms. The van der Waals surface area contributed by atoms with Crippen molar-refractivity contribution in [3.8, 4) is 5.75 Å². The van der Waals surface area contributed by atoms with Gasteiger partial charge in [0.15, 0.2) is 23.2 Å². The highest BCUT2D eigenvalue weighted by molar-refractivity contribution is 6.03. The maximum atomic E-state index is 14.0. The largest absolute Gasteiger partial charge is 0.453 e. The predicted octanol–water partition coefficient (Wildman–Crippen LogP) is 3.14. The molecule has 1 aromatic rings. The third-order valence-electron chi connectivity index (χ3n) is 6.27. The van der Waals surface area contributed by atoms with Crippen molar-refractivity contribution in [2.75, 3.05) is 19.7 Å². The minimum absolute atomic E-state index is 0.0313. The molecule has 0 saturated heterocycles. The van der Waals surface area contributed by atoms with Crippen LogP contribution >= 0.6 is 0 Å². The number of benzene rings is 1. The van der Waals surface area contributed by atoms with Crippen molar-refractivity contribution in [1.29, 1.82) is 0 Å². The molecule has 1 aliphatic heterocycles. The van der Waals surface area contributed by atoms with Gasteiger partial charge in [0.2, 0.25) is 0 Å². The van der Waals surface area contributed by atoms with E-state index in [9.17, 15) is 23.5 Å². The number of nitrogens with one attached hydrogen (secondary N) is 1. The van der Waals surface area contributed by atoms with Crippen LogP contribution in [0.5, 0.6) is 5.75 Å². The van der Waals surface area contributed by atoms with Crippen LogP contribution in [0.1, 0.15) is 52.4 Å². The first-order valence-corrected chi connectivity index (χ1v) is 12.8. The number of carbonyl (C=O) groups is 2. The lowest BCUT2D eigenvalue weighted by Gasteiger charge is -2.27. The number of nitrogens with zero attached hydrogens (tertiary/aromatic N) is 2. The third kappa shape index (κ3) is 8.91. The second-order valence-electron chi connectivity index (χ2n) is 9.94. The summed E-state index contributed by atoms with van der Waals surface area (Å²) < 4.78 is 38.6. The average Bonchev–Trinajstić information content (AvgIpc) is 3.48. The summed E-state index contributed by atoms with van der Waals surface area (Å²) in [7, 11) is 0. The molecule has 1 aliphatic carbocycles. The van der Waals surface area contributed by atoms with E-state index in [-0.39, 0.29) is 24.1 Å². The predicted molar refractivity (Wildman–Crippen MR) is 138 cm³/mol. The Kier molecular flexibility index (Phi) is 10.4. The molecule has 38 heavy (non-hydrogen) atoms. The Hall–Kier alpha value is -3.31. The quantitative estimate of drug-likeness (QED) is 0.154. The fourth-order valence-corrected chi connectivity index (χ4v) is 4.43. The highest BCUT2D eigenvalue weighted by Crippen LogP contribution is 2.32. The van der Waals surface area contributed by atoms with Gasteiger partial charge in [0.05, 0.1) is 13.2 Å². The molecule has 0 radical (unpaired) electrons. The molecular formula is C27H36F2N4O5. The zero-order valence-corrected chi connectivity index (χ0v) is 21.8. The van der Waals surface area contributed by atoms with E-state index in [0.29, 0.717) is 26.0 Å². The summed E-state index contributed by atoms with van der Waals surface area (Å²) in [5, 5.41) is 12.5. The number of hydrogen-bond donors (Lipinski definition) is 3. The van der Waals surface area contributed by atoms with Gasteiger partial charge in [-0.3, -0.25) is 9.59 Å². The summed E-state index contributed by atoms with van der Waals surface area (Å²) in [6, 6.07) is 2.45. The van der Waals surface area contributed by atoms with Crippen LogP contribution in [0.15, 0.2) is 47.3 Å². The number of rotatable bonds is 13. The second-order valence-corrected chi connectivity index (χ2v) is 9.94. The van der Waals surface area contributed by atoms with E-state index in [4.69, 9.17) is 15.2 Å². The van der Waals surface area contributed by atoms with E-state index in [1.165, 1.54) is 17.0 Å². The van der Waals surface area contributed by atoms with Gasteiger partial charge in [0, 0.05) is 18.8 Å². The maximum Gasteiger partial charge on any atom is 0.270 e. The molecule has 0 bridgehead atoms. The number of ether oxygens (including phenoxy) is 2. The van der Waals surface area contributed by atoms with E-state index in [1.807, 2.05) is 0 Å². The summed E-state index contributed by atoms with van der Waals surface area (Å²) in [6.45, 7) is 3.91. The zero-order valence-electron chi connectivity index (χ0n) is 21.8. The van der Waals surface area contributed by atoms with E-state index >= 15 is 0 Å². The molecule has 1 heterocycles. The number of para-hydroxylation sites is 1. The molecule has 208 valence electrons. The van der Waals surface area contributed by atoms with Crippen LogP contribution in [-0.2, 0) is 14.3 Å². The standard InChI is InChI=1S/C27H36F2N4O5/c1-27(2,36)37-14-6-12-31-13-11-23(30)32-26(35)22(15-18-7-3-4-8-18)33-17-19(16-24(33)34)38-25-20(28)9-5-10-21(25)29/h5,9-11,13,16,18,22,31,36H,3-4,6-8,12,14-15,17H2,1-2H3,(H2,30,32,35)/b13-11-. The van der Waals surface area contributed by atoms with Crippen molar-refractivity contribution in [1.82, 2.24) is 10.2 Å². The van der Waals surface area contributed by atoms with E-state index in [0.717, 1.165) is 43.9 Å². The smallest absolute Gasteiger partial charge is 0.270 e. The first-order valence-electron chi connectivity index (χ1n) is 12.8. The number of carbonyl (C=O) groups excluding carboxylic acids is 2. The maximum absolute atomic E-state index is 14.0. The molecular weight excluding hydrogens is 498 g/mol. The monoisotopic (exact) mass is 534 g/mol. The Bertz CT molecular complexity index is 1060. The number of amidine groups is 1. The number of nitrogens with two attached hydrogens (primary N) is 1. The minimum Gasteiger partial charge on any atom is -0.453 e. The summed E-state index contributed by atoms with van der Waals surface area (Å²) in [4.78, 5) is 31.3. The summed E-state index contributed by atoms with van der Waals surface area (Å²) in [5.74, 6) is -4.37. The fourth-order valence-electron chi connectivity index (χ4n) is 4.43. The number of halogens is 2. The van der Waals surface area contributed by atoms with Crippen LogP contribution in [0.3, 0.4) is 0 Å². The molecule has 1 unspecified atom stereocenters. The van der Waals surface area contributed by atoms with Gasteiger partial charge in [-0.25, -0.2) is 8.78 Å². The third-order valence-corrected chi connectivity index (χ3v) is 6.27. The van der Waals surface area contributed by atoms with Gasteiger partial charge in [-0.05, 0) is 50.8 Å². The Labute approximate surface area is 221 Å². The minimum atomic E-state index is -1.19. The molecule has 11 heteroatoms. The number of aliphatic hydroxyl groups is 1. The Balaban J connectivity index is 1.62. The molecule has 2 aliphatic rings. The van der Waals surface area contributed by atoms with Gasteiger partial charge >= 0.3 is 0 Å². The van der Waals surface area contributed by atoms with Crippen molar-refractivity contribution in [2.24, 2.45) is 16.6 Å². The second kappa shape index (κ2) is 13.5. The van der Waals surface area contributed by atoms with E-state index in [2.05, 4.69) is 10.3 Å². The molecule has 2 amide bonds. The Morgan fingerprint density at radius 3 is 2.66 bits per heavy atom. The SMILES string of the molecule is CC(C)(O)OCCCN/C=C\C(N)=NC(=O)C(CC1CCCC1)N1CC(Oc2c(F)cccc2F)=CC1=O. The molecule has 1 saturated carbocycles. The summed E-state index contributed by atoms with van der Waals surface area (Å²) >= 11 is 0. The van der Waals surface area contributed by atoms with Crippen LogP contribution in [0.25, 0.3) is 0 Å². The van der Waals surface area contributed by atoms with Gasteiger partial charge in [-0.2, -0.15) is 4.99 Å². The Morgan fingerprint density at radius 1 is 1.32 bits per heavy atom. The lowest BCUT2D eigenvalue weighted by atomic mass is 9.97. The van der Waals surface area contributed by atoms with Crippen molar-refractivity contribution < 1.29 is 33.0 Å². The van der Waals surface area contributed by atoms with Gasteiger partial charge in [-0.15, -0.1) is 0 Å². The van der Waals surface area contributed by atoms with Gasteiger partial charge in [0.1, 0.15) is 17.6 Å². The van der Waals surface area contributed by atoms with Gasteiger partial charge < -0.3 is 30.5 Å². The van der Waals surface area contributed by atoms with E-state index in [1.54, 1.807) is 20.0 Å². The van der Waals surface area contributed by atoms with Crippen molar-refractivity contribution in [2.45, 2.75) is 64.2 Å². The Morgan fingerprint density at radius 2 is 2.00 bits per heavy atom. The lowest BCUT2D eigenvalue weighted by Crippen LogP contribution is -2.43. The number of aliphatic imine (C=N–C) groups is 1. The van der Waals surface area contributed by atoms with Gasteiger partial charge in [0.25, 0.3) is 11.8 Å². The zero-order chi connectivity index (χ0) is 27.7. The highest BCUT2D eigenvalue weighted by Gasteiger charge is 2.36. The summed E-state index contributed by atoms with van der Waals surface area (Å²) in [5.41, 5.74) is 5.93. The highest BCUT2D eigenvalue weighted by atomic mass is 19.1. The first kappa shape index (κ1) is 29.2. The first-order chi connectivity index (χ1) is 18.0. The van der Waals surface area contributed by atoms with Crippen LogP contribution in [0.4, 0.5) is 8.78 Å².